The average molecular weight is 371 g/mol. The van der Waals surface area contributed by atoms with Crippen molar-refractivity contribution in [3.8, 4) is 0 Å². The van der Waals surface area contributed by atoms with E-state index < -0.39 is 11.7 Å². The zero-order valence-electron chi connectivity index (χ0n) is 15.0. The highest BCUT2D eigenvalue weighted by atomic mass is 19.4. The Hall–Kier alpha value is -1.15. The van der Waals surface area contributed by atoms with Gasteiger partial charge in [-0.05, 0) is 43.5 Å². The van der Waals surface area contributed by atoms with Crippen LogP contribution in [0.1, 0.15) is 24.0 Å². The number of aliphatic hydroxyl groups excluding tert-OH is 1. The van der Waals surface area contributed by atoms with Gasteiger partial charge >= 0.3 is 6.18 Å². The zero-order valence-corrected chi connectivity index (χ0v) is 15.0. The van der Waals surface area contributed by atoms with Gasteiger partial charge in [0.15, 0.2) is 0 Å². The smallest absolute Gasteiger partial charge is 0.395 e. The largest absolute Gasteiger partial charge is 0.416 e. The summed E-state index contributed by atoms with van der Waals surface area (Å²) in [6.07, 6.45) is -1.31. The average Bonchev–Trinajstić information content (AvgIpc) is 3.07. The number of hydrogen-bond donors (Lipinski definition) is 2. The van der Waals surface area contributed by atoms with Crippen molar-refractivity contribution in [1.82, 2.24) is 15.1 Å². The molecule has 26 heavy (non-hydrogen) atoms. The first kappa shape index (κ1) is 19.6. The quantitative estimate of drug-likeness (QED) is 0.802. The van der Waals surface area contributed by atoms with Crippen LogP contribution in [0.25, 0.3) is 0 Å². The van der Waals surface area contributed by atoms with Gasteiger partial charge in [-0.1, -0.05) is 12.1 Å². The predicted molar refractivity (Wildman–Crippen MR) is 95.1 cm³/mol. The van der Waals surface area contributed by atoms with Crippen LogP contribution in [0.5, 0.6) is 0 Å². The fourth-order valence-electron chi connectivity index (χ4n) is 4.01. The molecule has 2 aliphatic rings. The Balaban J connectivity index is 1.47. The van der Waals surface area contributed by atoms with Crippen molar-refractivity contribution in [2.24, 2.45) is 0 Å². The lowest BCUT2D eigenvalue weighted by Crippen LogP contribution is -2.53. The minimum atomic E-state index is -4.28. The third-order valence-electron chi connectivity index (χ3n) is 5.52. The highest BCUT2D eigenvalue weighted by molar-refractivity contribution is 5.25. The molecule has 146 valence electrons. The maximum Gasteiger partial charge on any atom is 0.416 e. The molecule has 1 aromatic rings. The van der Waals surface area contributed by atoms with E-state index in [9.17, 15) is 18.3 Å². The molecule has 2 aliphatic heterocycles. The molecule has 1 unspecified atom stereocenters. The SMILES string of the molecule is OC[C@@H]1CCCN1CCN1CCNC(Cc2ccc(C(F)(F)F)cc2)C1. The Labute approximate surface area is 153 Å². The van der Waals surface area contributed by atoms with Gasteiger partial charge in [-0.2, -0.15) is 13.2 Å². The highest BCUT2D eigenvalue weighted by Gasteiger charge is 2.30. The molecular formula is C19H28F3N3O. The van der Waals surface area contributed by atoms with Crippen LogP contribution in [0.4, 0.5) is 13.2 Å². The summed E-state index contributed by atoms with van der Waals surface area (Å²) in [5.74, 6) is 0. The molecule has 1 aromatic carbocycles. The van der Waals surface area contributed by atoms with Crippen LogP contribution in [0.15, 0.2) is 24.3 Å². The van der Waals surface area contributed by atoms with Crippen LogP contribution in [-0.2, 0) is 12.6 Å². The molecule has 0 radical (unpaired) electrons. The van der Waals surface area contributed by atoms with Crippen LogP contribution >= 0.6 is 0 Å². The fraction of sp³-hybridized carbons (Fsp3) is 0.684. The van der Waals surface area contributed by atoms with Gasteiger partial charge in [0.05, 0.1) is 12.2 Å². The van der Waals surface area contributed by atoms with E-state index in [1.54, 1.807) is 12.1 Å². The second-order valence-corrected chi connectivity index (χ2v) is 7.37. The van der Waals surface area contributed by atoms with Gasteiger partial charge in [0.25, 0.3) is 0 Å². The van der Waals surface area contributed by atoms with E-state index in [2.05, 4.69) is 15.1 Å². The van der Waals surface area contributed by atoms with E-state index >= 15 is 0 Å². The van der Waals surface area contributed by atoms with E-state index in [1.165, 1.54) is 12.1 Å². The Bertz CT molecular complexity index is 564. The summed E-state index contributed by atoms with van der Waals surface area (Å²) in [7, 11) is 0. The van der Waals surface area contributed by atoms with Crippen LogP contribution in [0.3, 0.4) is 0 Å². The number of rotatable bonds is 6. The van der Waals surface area contributed by atoms with Crippen molar-refractivity contribution >= 4 is 0 Å². The molecule has 0 spiro atoms. The molecule has 2 N–H and O–H groups in total. The Morgan fingerprint density at radius 1 is 1.12 bits per heavy atom. The number of alkyl halides is 3. The number of aliphatic hydroxyl groups is 1. The van der Waals surface area contributed by atoms with Crippen molar-refractivity contribution in [1.29, 1.82) is 0 Å². The second kappa shape index (κ2) is 8.69. The molecule has 2 atom stereocenters. The van der Waals surface area contributed by atoms with Gasteiger partial charge in [-0.15, -0.1) is 0 Å². The predicted octanol–water partition coefficient (Wildman–Crippen LogP) is 1.98. The highest BCUT2D eigenvalue weighted by Crippen LogP contribution is 2.29. The Kier molecular flexibility index (Phi) is 6.55. The van der Waals surface area contributed by atoms with Gasteiger partial charge in [-0.25, -0.2) is 0 Å². The van der Waals surface area contributed by atoms with Gasteiger partial charge in [0.1, 0.15) is 0 Å². The van der Waals surface area contributed by atoms with Crippen molar-refractivity contribution in [2.45, 2.75) is 37.5 Å². The lowest BCUT2D eigenvalue weighted by atomic mass is 10.0. The molecule has 2 saturated heterocycles. The van der Waals surface area contributed by atoms with E-state index in [0.717, 1.165) is 64.1 Å². The van der Waals surface area contributed by atoms with Crippen LogP contribution < -0.4 is 5.32 Å². The second-order valence-electron chi connectivity index (χ2n) is 7.37. The molecule has 0 aromatic heterocycles. The lowest BCUT2D eigenvalue weighted by Gasteiger charge is -2.35. The summed E-state index contributed by atoms with van der Waals surface area (Å²) in [5.41, 5.74) is 0.334. The van der Waals surface area contributed by atoms with E-state index in [4.69, 9.17) is 0 Å². The lowest BCUT2D eigenvalue weighted by molar-refractivity contribution is -0.137. The van der Waals surface area contributed by atoms with Crippen LogP contribution in [0.2, 0.25) is 0 Å². The Morgan fingerprint density at radius 3 is 2.58 bits per heavy atom. The number of hydrogen-bond acceptors (Lipinski definition) is 4. The van der Waals surface area contributed by atoms with E-state index in [1.807, 2.05) is 0 Å². The number of halogens is 3. The molecule has 2 fully saturated rings. The van der Waals surface area contributed by atoms with Crippen LogP contribution in [0, 0.1) is 0 Å². The maximum absolute atomic E-state index is 12.7. The third kappa shape index (κ3) is 5.19. The number of piperazine rings is 1. The summed E-state index contributed by atoms with van der Waals surface area (Å²) in [5, 5.41) is 12.9. The monoisotopic (exact) mass is 371 g/mol. The summed E-state index contributed by atoms with van der Waals surface area (Å²) in [6.45, 7) is 6.03. The van der Waals surface area contributed by atoms with Crippen molar-refractivity contribution in [2.75, 3.05) is 45.9 Å². The molecule has 0 bridgehead atoms. The number of nitrogens with one attached hydrogen (secondary N) is 1. The first-order valence-corrected chi connectivity index (χ1v) is 9.42. The van der Waals surface area contributed by atoms with E-state index in [-0.39, 0.29) is 12.6 Å². The topological polar surface area (TPSA) is 38.7 Å². The Morgan fingerprint density at radius 2 is 1.88 bits per heavy atom. The normalized spacial score (nSPS) is 25.7. The number of likely N-dealkylation sites (tertiary alicyclic amines) is 1. The first-order valence-electron chi connectivity index (χ1n) is 9.42. The molecular weight excluding hydrogens is 343 g/mol. The molecule has 0 aliphatic carbocycles. The van der Waals surface area contributed by atoms with Gasteiger partial charge in [0, 0.05) is 44.8 Å². The molecule has 3 rings (SSSR count). The standard InChI is InChI=1S/C19H28F3N3O/c20-19(21,22)16-5-3-15(4-6-16)12-17-13-24(9-7-23-17)10-11-25-8-1-2-18(25)14-26/h3-6,17-18,23,26H,1-2,7-14H2/t17?,18-/m0/s1. The fourth-order valence-corrected chi connectivity index (χ4v) is 4.01. The minimum absolute atomic E-state index is 0.234. The number of nitrogens with zero attached hydrogens (tertiary/aromatic N) is 2. The number of benzene rings is 1. The van der Waals surface area contributed by atoms with E-state index in [0.29, 0.717) is 6.04 Å². The molecule has 2 heterocycles. The first-order chi connectivity index (χ1) is 12.5. The summed E-state index contributed by atoms with van der Waals surface area (Å²) >= 11 is 0. The summed E-state index contributed by atoms with van der Waals surface area (Å²) in [6, 6.07) is 6.06. The molecule has 0 saturated carbocycles. The van der Waals surface area contributed by atoms with Crippen molar-refractivity contribution in [3.63, 3.8) is 0 Å². The molecule has 7 heteroatoms. The summed E-state index contributed by atoms with van der Waals surface area (Å²) < 4.78 is 38.0. The van der Waals surface area contributed by atoms with Crippen LogP contribution in [-0.4, -0.2) is 72.9 Å². The summed E-state index contributed by atoms with van der Waals surface area (Å²) in [4.78, 5) is 4.78. The van der Waals surface area contributed by atoms with Gasteiger partial charge < -0.3 is 10.4 Å². The molecule has 0 amide bonds. The van der Waals surface area contributed by atoms with Gasteiger partial charge in [-0.3, -0.25) is 9.80 Å². The van der Waals surface area contributed by atoms with Crippen molar-refractivity contribution < 1.29 is 18.3 Å². The third-order valence-corrected chi connectivity index (χ3v) is 5.52. The zero-order chi connectivity index (χ0) is 18.6. The molecule has 4 nitrogen and oxygen atoms in total. The maximum atomic E-state index is 12.7. The van der Waals surface area contributed by atoms with Gasteiger partial charge in [0.2, 0.25) is 0 Å². The van der Waals surface area contributed by atoms with Crippen molar-refractivity contribution in [3.05, 3.63) is 35.4 Å². The minimum Gasteiger partial charge on any atom is -0.395 e.